The molecule has 3 heterocycles. The van der Waals surface area contributed by atoms with Crippen molar-refractivity contribution in [3.05, 3.63) is 47.8 Å². The van der Waals surface area contributed by atoms with E-state index in [0.717, 1.165) is 37.2 Å². The van der Waals surface area contributed by atoms with Gasteiger partial charge in [0, 0.05) is 38.1 Å². The maximum absolute atomic E-state index is 12.4. The lowest BCUT2D eigenvalue weighted by atomic mass is 9.97. The van der Waals surface area contributed by atoms with E-state index in [-0.39, 0.29) is 6.03 Å². The minimum Gasteiger partial charge on any atom is -0.327 e. The number of carbonyl (C=O) groups is 1. The van der Waals surface area contributed by atoms with Crippen LogP contribution in [-0.4, -0.2) is 36.1 Å². The largest absolute Gasteiger partial charge is 0.327 e. The van der Waals surface area contributed by atoms with Crippen LogP contribution in [0.5, 0.6) is 0 Å². The van der Waals surface area contributed by atoms with Gasteiger partial charge in [-0.3, -0.25) is 9.88 Å². The van der Waals surface area contributed by atoms with Gasteiger partial charge in [0.1, 0.15) is 0 Å². The molecule has 4 heteroatoms. The second-order valence-corrected chi connectivity index (χ2v) is 5.74. The normalized spacial score (nSPS) is 16.9. The minimum absolute atomic E-state index is 0.127. The molecule has 1 aromatic heterocycles. The van der Waals surface area contributed by atoms with Crippen LogP contribution < -0.4 is 4.90 Å². The predicted molar refractivity (Wildman–Crippen MR) is 82.5 cm³/mol. The summed E-state index contributed by atoms with van der Waals surface area (Å²) in [7, 11) is 1.88. The molecule has 0 spiro atoms. The molecule has 2 aliphatic rings. The quantitative estimate of drug-likeness (QED) is 0.804. The molecule has 0 fully saturated rings. The van der Waals surface area contributed by atoms with Crippen LogP contribution in [0.1, 0.15) is 11.1 Å². The van der Waals surface area contributed by atoms with Gasteiger partial charge >= 0.3 is 6.03 Å². The maximum atomic E-state index is 12.4. The number of amides is 2. The summed E-state index contributed by atoms with van der Waals surface area (Å²) in [5, 5.41) is 0. The Kier molecular flexibility index (Phi) is 2.70. The van der Waals surface area contributed by atoms with Crippen LogP contribution in [-0.2, 0) is 12.8 Å². The van der Waals surface area contributed by atoms with Gasteiger partial charge in [0.2, 0.25) is 0 Å². The van der Waals surface area contributed by atoms with E-state index in [2.05, 4.69) is 23.2 Å². The fourth-order valence-corrected chi connectivity index (χ4v) is 3.31. The number of hydrogen-bond donors (Lipinski definition) is 0. The van der Waals surface area contributed by atoms with E-state index in [9.17, 15) is 4.79 Å². The first-order valence-electron chi connectivity index (χ1n) is 7.33. The predicted octanol–water partition coefficient (Wildman–Crippen LogP) is 2.72. The van der Waals surface area contributed by atoms with E-state index in [1.54, 1.807) is 6.20 Å². The molecule has 0 saturated heterocycles. The van der Waals surface area contributed by atoms with Crippen molar-refractivity contribution in [2.45, 2.75) is 12.8 Å². The van der Waals surface area contributed by atoms with Crippen molar-refractivity contribution in [2.75, 3.05) is 25.0 Å². The zero-order valence-electron chi connectivity index (χ0n) is 12.0. The monoisotopic (exact) mass is 279 g/mol. The lowest BCUT2D eigenvalue weighted by molar-refractivity contribution is 0.218. The highest BCUT2D eigenvalue weighted by molar-refractivity contribution is 5.96. The van der Waals surface area contributed by atoms with Crippen LogP contribution in [0.3, 0.4) is 0 Å². The molecule has 0 atom stereocenters. The van der Waals surface area contributed by atoms with E-state index in [1.807, 2.05) is 29.1 Å². The van der Waals surface area contributed by atoms with Gasteiger partial charge in [-0.25, -0.2) is 4.79 Å². The van der Waals surface area contributed by atoms with Crippen molar-refractivity contribution < 1.29 is 4.79 Å². The maximum Gasteiger partial charge on any atom is 0.324 e. The third kappa shape index (κ3) is 1.90. The first kappa shape index (κ1) is 12.4. The minimum atomic E-state index is 0.127. The summed E-state index contributed by atoms with van der Waals surface area (Å²) in [5.41, 5.74) is 6.06. The van der Waals surface area contributed by atoms with Crippen LogP contribution in [0.25, 0.3) is 11.1 Å². The standard InChI is InChI=1S/C17H17N3O/c1-19-7-4-12-9-15(14-3-2-6-18-11-14)10-13-5-8-20(16(12)13)17(19)21/h2-3,6,9-11H,4-5,7-8H2,1H3. The lowest BCUT2D eigenvalue weighted by Gasteiger charge is -2.21. The van der Waals surface area contributed by atoms with Crippen LogP contribution in [0.15, 0.2) is 36.7 Å². The highest BCUT2D eigenvalue weighted by atomic mass is 16.2. The number of anilines is 1. The van der Waals surface area contributed by atoms with Crippen molar-refractivity contribution >= 4 is 11.7 Å². The second kappa shape index (κ2) is 4.58. The van der Waals surface area contributed by atoms with Gasteiger partial charge in [-0.1, -0.05) is 6.07 Å². The molecule has 4 nitrogen and oxygen atoms in total. The summed E-state index contributed by atoms with van der Waals surface area (Å²) in [6, 6.07) is 8.61. The van der Waals surface area contributed by atoms with Gasteiger partial charge in [0.25, 0.3) is 0 Å². The number of likely N-dealkylation sites (N-methyl/N-ethyl adjacent to an activating group) is 1. The van der Waals surface area contributed by atoms with Gasteiger partial charge in [0.05, 0.1) is 5.69 Å². The van der Waals surface area contributed by atoms with Gasteiger partial charge in [-0.05, 0) is 47.7 Å². The van der Waals surface area contributed by atoms with E-state index >= 15 is 0 Å². The molecule has 4 rings (SSSR count). The Morgan fingerprint density at radius 3 is 2.57 bits per heavy atom. The molecule has 2 aromatic rings. The molecule has 0 bridgehead atoms. The van der Waals surface area contributed by atoms with Crippen molar-refractivity contribution in [2.24, 2.45) is 0 Å². The average Bonchev–Trinajstić information content (AvgIpc) is 2.91. The highest BCUT2D eigenvalue weighted by Gasteiger charge is 2.32. The van der Waals surface area contributed by atoms with Gasteiger partial charge in [-0.2, -0.15) is 0 Å². The molecular weight excluding hydrogens is 262 g/mol. The van der Waals surface area contributed by atoms with Crippen molar-refractivity contribution in [1.82, 2.24) is 9.88 Å². The summed E-state index contributed by atoms with van der Waals surface area (Å²) in [6.45, 7) is 1.57. The topological polar surface area (TPSA) is 36.4 Å². The Labute approximate surface area is 124 Å². The zero-order valence-corrected chi connectivity index (χ0v) is 12.0. The van der Waals surface area contributed by atoms with E-state index in [4.69, 9.17) is 0 Å². The van der Waals surface area contributed by atoms with E-state index < -0.39 is 0 Å². The number of hydrogen-bond acceptors (Lipinski definition) is 2. The first-order valence-corrected chi connectivity index (χ1v) is 7.33. The fourth-order valence-electron chi connectivity index (χ4n) is 3.31. The Balaban J connectivity index is 1.87. The summed E-state index contributed by atoms with van der Waals surface area (Å²) in [6.07, 6.45) is 5.54. The Morgan fingerprint density at radius 2 is 1.86 bits per heavy atom. The van der Waals surface area contributed by atoms with Gasteiger partial charge in [-0.15, -0.1) is 0 Å². The second-order valence-electron chi connectivity index (χ2n) is 5.74. The summed E-state index contributed by atoms with van der Waals surface area (Å²) >= 11 is 0. The first-order chi connectivity index (χ1) is 10.2. The van der Waals surface area contributed by atoms with E-state index in [1.165, 1.54) is 16.7 Å². The third-order valence-corrected chi connectivity index (χ3v) is 4.41. The molecule has 21 heavy (non-hydrogen) atoms. The Morgan fingerprint density at radius 1 is 1.10 bits per heavy atom. The molecule has 2 amide bonds. The fraction of sp³-hybridized carbons (Fsp3) is 0.294. The van der Waals surface area contributed by atoms with Crippen LogP contribution >= 0.6 is 0 Å². The SMILES string of the molecule is CN1CCc2cc(-c3cccnc3)cc3c2N(CC3)C1=O. The van der Waals surface area contributed by atoms with Gasteiger partial charge in [0.15, 0.2) is 0 Å². The van der Waals surface area contributed by atoms with Crippen LogP contribution in [0.2, 0.25) is 0 Å². The molecule has 2 aliphatic heterocycles. The van der Waals surface area contributed by atoms with Crippen molar-refractivity contribution in [3.8, 4) is 11.1 Å². The highest BCUT2D eigenvalue weighted by Crippen LogP contribution is 2.38. The smallest absolute Gasteiger partial charge is 0.324 e. The number of nitrogens with zero attached hydrogens (tertiary/aromatic N) is 3. The summed E-state index contributed by atoms with van der Waals surface area (Å²) < 4.78 is 0. The van der Waals surface area contributed by atoms with Crippen LogP contribution in [0.4, 0.5) is 10.5 Å². The van der Waals surface area contributed by atoms with Gasteiger partial charge < -0.3 is 4.90 Å². The summed E-state index contributed by atoms with van der Waals surface area (Å²) in [4.78, 5) is 20.3. The molecule has 1 aromatic carbocycles. The molecule has 0 unspecified atom stereocenters. The number of pyridine rings is 1. The number of urea groups is 1. The zero-order chi connectivity index (χ0) is 14.4. The number of benzene rings is 1. The number of rotatable bonds is 1. The molecule has 0 N–H and O–H groups in total. The number of carbonyl (C=O) groups excluding carboxylic acids is 1. The van der Waals surface area contributed by atoms with Crippen molar-refractivity contribution in [3.63, 3.8) is 0 Å². The Bertz CT molecular complexity index is 711. The van der Waals surface area contributed by atoms with Crippen LogP contribution in [0, 0.1) is 0 Å². The summed E-state index contributed by atoms with van der Waals surface area (Å²) in [5.74, 6) is 0. The Hall–Kier alpha value is -2.36. The molecule has 106 valence electrons. The number of aromatic nitrogens is 1. The molecule has 0 radical (unpaired) electrons. The molecular formula is C17H17N3O. The average molecular weight is 279 g/mol. The molecule has 0 saturated carbocycles. The third-order valence-electron chi connectivity index (χ3n) is 4.41. The van der Waals surface area contributed by atoms with Crippen molar-refractivity contribution in [1.29, 1.82) is 0 Å². The molecule has 0 aliphatic carbocycles. The lowest BCUT2D eigenvalue weighted by Crippen LogP contribution is -2.39. The van der Waals surface area contributed by atoms with E-state index in [0.29, 0.717) is 0 Å².